The second-order valence-corrected chi connectivity index (χ2v) is 8.00. The van der Waals surface area contributed by atoms with Crippen molar-refractivity contribution in [2.45, 2.75) is 30.9 Å². The zero-order valence-electron chi connectivity index (χ0n) is 19.3. The van der Waals surface area contributed by atoms with Gasteiger partial charge in [0, 0.05) is 39.7 Å². The minimum atomic E-state index is -1.03. The van der Waals surface area contributed by atoms with Gasteiger partial charge in [-0.3, -0.25) is 9.59 Å². The number of fused-ring (bicyclic) bond motifs is 3. The van der Waals surface area contributed by atoms with Gasteiger partial charge in [-0.2, -0.15) is 0 Å². The molecular formula is C25H30N2O7. The maximum atomic E-state index is 12.6. The van der Waals surface area contributed by atoms with Crippen LogP contribution in [0.15, 0.2) is 48.5 Å². The number of carbonyl (C=O) groups is 3. The highest BCUT2D eigenvalue weighted by Crippen LogP contribution is 2.44. The quantitative estimate of drug-likeness (QED) is 0.436. The predicted molar refractivity (Wildman–Crippen MR) is 125 cm³/mol. The Bertz CT molecular complexity index is 965. The van der Waals surface area contributed by atoms with E-state index < -0.39 is 30.1 Å². The SMILES string of the molecule is COCCC(NC(=O)OCC1c2ccccc2-c2ccccc21)C(=O)NCC(CC(=O)O)OC. The van der Waals surface area contributed by atoms with E-state index in [0.29, 0.717) is 0 Å². The van der Waals surface area contributed by atoms with E-state index in [0.717, 1.165) is 22.3 Å². The third-order valence-corrected chi connectivity index (χ3v) is 5.80. The van der Waals surface area contributed by atoms with Crippen LogP contribution in [0.4, 0.5) is 4.79 Å². The summed E-state index contributed by atoms with van der Waals surface area (Å²) in [6, 6.07) is 15.1. The fraction of sp³-hybridized carbons (Fsp3) is 0.400. The molecule has 0 saturated heterocycles. The lowest BCUT2D eigenvalue weighted by atomic mass is 9.98. The zero-order valence-corrected chi connectivity index (χ0v) is 19.3. The van der Waals surface area contributed by atoms with Gasteiger partial charge in [0.05, 0.1) is 12.5 Å². The van der Waals surface area contributed by atoms with Gasteiger partial charge in [-0.05, 0) is 22.3 Å². The lowest BCUT2D eigenvalue weighted by molar-refractivity contribution is -0.140. The standard InChI is InChI=1S/C25H30N2O7/c1-32-12-11-22(24(30)26-14-16(33-2)13-23(28)29)27-25(31)34-15-21-19-9-5-3-7-17(19)18-8-4-6-10-20(18)21/h3-10,16,21-22H,11-15H2,1-2H3,(H,26,30)(H,27,31)(H,28,29). The molecule has 2 unspecified atom stereocenters. The summed E-state index contributed by atoms with van der Waals surface area (Å²) in [5, 5.41) is 14.1. The molecule has 3 rings (SSSR count). The van der Waals surface area contributed by atoms with Gasteiger partial charge in [-0.15, -0.1) is 0 Å². The highest BCUT2D eigenvalue weighted by molar-refractivity contribution is 5.85. The van der Waals surface area contributed by atoms with Crippen molar-refractivity contribution >= 4 is 18.0 Å². The second-order valence-electron chi connectivity index (χ2n) is 8.00. The van der Waals surface area contributed by atoms with Gasteiger partial charge >= 0.3 is 12.1 Å². The van der Waals surface area contributed by atoms with Crippen molar-refractivity contribution in [2.24, 2.45) is 0 Å². The van der Waals surface area contributed by atoms with Crippen LogP contribution in [-0.4, -0.2) is 69.2 Å². The number of hydrogen-bond acceptors (Lipinski definition) is 6. The molecular weight excluding hydrogens is 440 g/mol. The molecule has 9 nitrogen and oxygen atoms in total. The molecule has 0 saturated carbocycles. The largest absolute Gasteiger partial charge is 0.481 e. The molecule has 1 aliphatic carbocycles. The van der Waals surface area contributed by atoms with E-state index in [2.05, 4.69) is 22.8 Å². The zero-order chi connectivity index (χ0) is 24.5. The second kappa shape index (κ2) is 12.2. The number of nitrogens with one attached hydrogen (secondary N) is 2. The van der Waals surface area contributed by atoms with Crippen LogP contribution in [0.25, 0.3) is 11.1 Å². The number of methoxy groups -OCH3 is 2. The van der Waals surface area contributed by atoms with E-state index in [1.54, 1.807) is 0 Å². The number of carbonyl (C=O) groups excluding carboxylic acids is 2. The van der Waals surface area contributed by atoms with E-state index >= 15 is 0 Å². The Kier molecular flexibility index (Phi) is 9.00. The van der Waals surface area contributed by atoms with Crippen molar-refractivity contribution in [2.75, 3.05) is 34.0 Å². The fourth-order valence-electron chi connectivity index (χ4n) is 4.06. The normalized spacial score (nSPS) is 13.9. The molecule has 3 N–H and O–H groups in total. The molecule has 0 radical (unpaired) electrons. The minimum absolute atomic E-state index is 0.00249. The number of carboxylic acids is 1. The average molecular weight is 471 g/mol. The van der Waals surface area contributed by atoms with Crippen LogP contribution in [-0.2, 0) is 23.8 Å². The molecule has 0 aromatic heterocycles. The van der Waals surface area contributed by atoms with Crippen LogP contribution in [0.5, 0.6) is 0 Å². The maximum absolute atomic E-state index is 12.6. The van der Waals surface area contributed by atoms with Gasteiger partial charge in [-0.1, -0.05) is 48.5 Å². The van der Waals surface area contributed by atoms with Crippen molar-refractivity contribution in [3.63, 3.8) is 0 Å². The summed E-state index contributed by atoms with van der Waals surface area (Å²) in [4.78, 5) is 36.1. The van der Waals surface area contributed by atoms with E-state index in [1.165, 1.54) is 14.2 Å². The van der Waals surface area contributed by atoms with E-state index in [4.69, 9.17) is 19.3 Å². The van der Waals surface area contributed by atoms with Gasteiger partial charge in [0.1, 0.15) is 12.6 Å². The number of carboxylic acid groups (broad SMARTS) is 1. The van der Waals surface area contributed by atoms with Crippen LogP contribution in [0.3, 0.4) is 0 Å². The summed E-state index contributed by atoms with van der Waals surface area (Å²) in [7, 11) is 2.87. The summed E-state index contributed by atoms with van der Waals surface area (Å²) < 4.78 is 15.6. The summed E-state index contributed by atoms with van der Waals surface area (Å²) in [5.74, 6) is -1.60. The maximum Gasteiger partial charge on any atom is 0.407 e. The van der Waals surface area contributed by atoms with Gasteiger partial charge in [0.25, 0.3) is 0 Å². The van der Waals surface area contributed by atoms with Crippen molar-refractivity contribution in [3.05, 3.63) is 59.7 Å². The van der Waals surface area contributed by atoms with Gasteiger partial charge in [0.15, 0.2) is 0 Å². The molecule has 1 aliphatic rings. The Hall–Kier alpha value is -3.43. The van der Waals surface area contributed by atoms with Crippen LogP contribution >= 0.6 is 0 Å². The lowest BCUT2D eigenvalue weighted by Crippen LogP contribution is -2.49. The van der Waals surface area contributed by atoms with E-state index in [9.17, 15) is 14.4 Å². The predicted octanol–water partition coefficient (Wildman–Crippen LogP) is 2.54. The average Bonchev–Trinajstić information content (AvgIpc) is 3.16. The molecule has 2 amide bonds. The Morgan fingerprint density at radius 2 is 1.62 bits per heavy atom. The first-order valence-corrected chi connectivity index (χ1v) is 11.1. The molecule has 9 heteroatoms. The Morgan fingerprint density at radius 1 is 1.00 bits per heavy atom. The van der Waals surface area contributed by atoms with Crippen LogP contribution < -0.4 is 10.6 Å². The molecule has 0 spiro atoms. The highest BCUT2D eigenvalue weighted by Gasteiger charge is 2.30. The van der Waals surface area contributed by atoms with Crippen molar-refractivity contribution < 1.29 is 33.7 Å². The molecule has 2 aromatic rings. The molecule has 0 fully saturated rings. The van der Waals surface area contributed by atoms with Gasteiger partial charge in [0.2, 0.25) is 5.91 Å². The summed E-state index contributed by atoms with van der Waals surface area (Å²) in [5.41, 5.74) is 4.43. The highest BCUT2D eigenvalue weighted by atomic mass is 16.5. The first kappa shape index (κ1) is 25.2. The smallest absolute Gasteiger partial charge is 0.407 e. The topological polar surface area (TPSA) is 123 Å². The van der Waals surface area contributed by atoms with E-state index in [-0.39, 0.29) is 38.5 Å². The number of amides is 2. The first-order chi connectivity index (χ1) is 16.4. The van der Waals surface area contributed by atoms with Gasteiger partial charge < -0.3 is 30.0 Å². The van der Waals surface area contributed by atoms with Crippen LogP contribution in [0.2, 0.25) is 0 Å². The Labute approximate surface area is 198 Å². The molecule has 0 bridgehead atoms. The Morgan fingerprint density at radius 3 is 2.18 bits per heavy atom. The fourth-order valence-corrected chi connectivity index (χ4v) is 4.06. The summed E-state index contributed by atoms with van der Waals surface area (Å²) in [6.07, 6.45) is -1.42. The lowest BCUT2D eigenvalue weighted by Gasteiger charge is -2.21. The van der Waals surface area contributed by atoms with E-state index in [1.807, 2.05) is 36.4 Å². The van der Waals surface area contributed by atoms with Gasteiger partial charge in [-0.25, -0.2) is 4.79 Å². The number of ether oxygens (including phenoxy) is 3. The van der Waals surface area contributed by atoms with Crippen molar-refractivity contribution in [1.82, 2.24) is 10.6 Å². The number of aliphatic carboxylic acids is 1. The summed E-state index contributed by atoms with van der Waals surface area (Å²) in [6.45, 7) is 0.366. The monoisotopic (exact) mass is 470 g/mol. The minimum Gasteiger partial charge on any atom is -0.481 e. The third kappa shape index (κ3) is 6.33. The molecule has 2 atom stereocenters. The molecule has 182 valence electrons. The number of hydrogen-bond donors (Lipinski definition) is 3. The molecule has 34 heavy (non-hydrogen) atoms. The molecule has 0 heterocycles. The number of alkyl carbamates (subject to hydrolysis) is 1. The molecule has 0 aliphatic heterocycles. The number of rotatable bonds is 12. The summed E-state index contributed by atoms with van der Waals surface area (Å²) >= 11 is 0. The number of benzene rings is 2. The first-order valence-electron chi connectivity index (χ1n) is 11.1. The van der Waals surface area contributed by atoms with Crippen LogP contribution in [0.1, 0.15) is 29.9 Å². The Balaban J connectivity index is 1.60. The van der Waals surface area contributed by atoms with Crippen LogP contribution in [0, 0.1) is 0 Å². The molecule has 2 aromatic carbocycles. The van der Waals surface area contributed by atoms with Crippen molar-refractivity contribution in [1.29, 1.82) is 0 Å². The third-order valence-electron chi connectivity index (χ3n) is 5.80. The van der Waals surface area contributed by atoms with Crippen molar-refractivity contribution in [3.8, 4) is 11.1 Å².